The largest absolute Gasteiger partial charge is 0.365 e. The number of piperidine rings is 2. The van der Waals surface area contributed by atoms with Gasteiger partial charge < -0.3 is 10.6 Å². The lowest BCUT2D eigenvalue weighted by Crippen LogP contribution is -2.56. The second kappa shape index (κ2) is 5.77. The van der Waals surface area contributed by atoms with Crippen LogP contribution in [0.1, 0.15) is 57.1 Å². The van der Waals surface area contributed by atoms with Gasteiger partial charge in [-0.25, -0.2) is 0 Å². The number of benzene rings is 1. The van der Waals surface area contributed by atoms with Gasteiger partial charge in [0.15, 0.2) is 0 Å². The van der Waals surface area contributed by atoms with Crippen LogP contribution in [-0.2, 0) is 12.8 Å². The fourth-order valence-electron chi connectivity index (χ4n) is 4.34. The lowest BCUT2D eigenvalue weighted by molar-refractivity contribution is 0.270. The second-order valence-electron chi connectivity index (χ2n) is 6.51. The molecule has 0 radical (unpaired) electrons. The molecule has 2 unspecified atom stereocenters. The van der Waals surface area contributed by atoms with Gasteiger partial charge in [0.1, 0.15) is 0 Å². The molecule has 1 aromatic carbocycles. The third-order valence-corrected chi connectivity index (χ3v) is 5.23. The predicted molar refractivity (Wildman–Crippen MR) is 86.3 cm³/mol. The van der Waals surface area contributed by atoms with E-state index in [2.05, 4.69) is 36.9 Å². The molecule has 20 heavy (non-hydrogen) atoms. The van der Waals surface area contributed by atoms with Crippen LogP contribution in [0.2, 0.25) is 0 Å². The van der Waals surface area contributed by atoms with E-state index in [1.807, 2.05) is 0 Å². The minimum absolute atomic E-state index is 0.417. The van der Waals surface area contributed by atoms with Gasteiger partial charge in [-0.3, -0.25) is 0 Å². The molecule has 110 valence electrons. The van der Waals surface area contributed by atoms with Gasteiger partial charge in [0.05, 0.1) is 0 Å². The number of aryl methyl sites for hydroxylation is 2. The fraction of sp³-hybridized carbons (Fsp3) is 0.667. The van der Waals surface area contributed by atoms with Crippen molar-refractivity contribution in [3.8, 4) is 0 Å². The maximum Gasteiger partial charge on any atom is 0.0436 e. The number of nitrogens with zero attached hydrogens (tertiary/aromatic N) is 1. The highest BCUT2D eigenvalue weighted by molar-refractivity contribution is 5.62. The summed E-state index contributed by atoms with van der Waals surface area (Å²) in [4.78, 5) is 2.77. The third kappa shape index (κ3) is 2.35. The van der Waals surface area contributed by atoms with Gasteiger partial charge in [-0.15, -0.1) is 0 Å². The van der Waals surface area contributed by atoms with Crippen molar-refractivity contribution in [3.05, 3.63) is 29.3 Å². The average molecular weight is 272 g/mol. The van der Waals surface area contributed by atoms with Gasteiger partial charge in [0.2, 0.25) is 0 Å². The van der Waals surface area contributed by atoms with Crippen molar-refractivity contribution in [1.82, 2.24) is 0 Å². The molecule has 2 heteroatoms. The van der Waals surface area contributed by atoms with Crippen LogP contribution in [0.25, 0.3) is 0 Å². The normalized spacial score (nSPS) is 29.6. The Hall–Kier alpha value is -1.02. The van der Waals surface area contributed by atoms with E-state index in [1.165, 1.54) is 43.2 Å². The van der Waals surface area contributed by atoms with Crippen LogP contribution < -0.4 is 10.6 Å². The zero-order valence-corrected chi connectivity index (χ0v) is 12.9. The third-order valence-electron chi connectivity index (χ3n) is 5.23. The first kappa shape index (κ1) is 13.9. The monoisotopic (exact) mass is 272 g/mol. The van der Waals surface area contributed by atoms with Crippen LogP contribution in [0.3, 0.4) is 0 Å². The Labute approximate surface area is 123 Å². The highest BCUT2D eigenvalue weighted by Crippen LogP contribution is 2.40. The molecule has 0 aromatic heterocycles. The van der Waals surface area contributed by atoms with E-state index in [0.29, 0.717) is 18.1 Å². The first-order chi connectivity index (χ1) is 9.74. The van der Waals surface area contributed by atoms with E-state index in [4.69, 9.17) is 5.73 Å². The average Bonchev–Trinajstić information content (AvgIpc) is 2.45. The smallest absolute Gasteiger partial charge is 0.0436 e. The van der Waals surface area contributed by atoms with Gasteiger partial charge >= 0.3 is 0 Å². The predicted octanol–water partition coefficient (Wildman–Crippen LogP) is 3.66. The lowest BCUT2D eigenvalue weighted by atomic mass is 9.80. The molecule has 0 saturated carbocycles. The zero-order chi connectivity index (χ0) is 14.1. The molecule has 0 aliphatic carbocycles. The van der Waals surface area contributed by atoms with Crippen molar-refractivity contribution in [1.29, 1.82) is 0 Å². The molecule has 2 nitrogen and oxygen atoms in total. The zero-order valence-electron chi connectivity index (χ0n) is 12.9. The lowest BCUT2D eigenvalue weighted by Gasteiger charge is -2.51. The van der Waals surface area contributed by atoms with Gasteiger partial charge in [0.25, 0.3) is 0 Å². The summed E-state index contributed by atoms with van der Waals surface area (Å²) in [5.41, 5.74) is 10.9. The van der Waals surface area contributed by atoms with Crippen molar-refractivity contribution in [2.75, 3.05) is 4.90 Å². The van der Waals surface area contributed by atoms with Crippen molar-refractivity contribution >= 4 is 5.69 Å². The summed E-state index contributed by atoms with van der Waals surface area (Å²) in [6.07, 6.45) is 8.65. The van der Waals surface area contributed by atoms with Gasteiger partial charge in [-0.05, 0) is 56.1 Å². The topological polar surface area (TPSA) is 29.3 Å². The SMILES string of the molecule is CCc1cccc(CC)c1N1C2CCCC1CC(N)C2. The van der Waals surface area contributed by atoms with E-state index < -0.39 is 0 Å². The standard InChI is InChI=1S/C18H28N2/c1-3-13-7-5-8-14(4-2)18(13)20-16-9-6-10-17(20)12-15(19)11-16/h5,7-8,15-17H,3-4,6,9-12,19H2,1-2H3. The Morgan fingerprint density at radius 1 is 1.05 bits per heavy atom. The highest BCUT2D eigenvalue weighted by Gasteiger charge is 2.38. The molecule has 2 aliphatic rings. The second-order valence-corrected chi connectivity index (χ2v) is 6.51. The number of anilines is 1. The number of fused-ring (bicyclic) bond motifs is 2. The maximum absolute atomic E-state index is 6.28. The van der Waals surface area contributed by atoms with Crippen LogP contribution in [0.5, 0.6) is 0 Å². The highest BCUT2D eigenvalue weighted by atomic mass is 15.2. The molecule has 1 aromatic rings. The summed E-state index contributed by atoms with van der Waals surface area (Å²) in [5.74, 6) is 0. The maximum atomic E-state index is 6.28. The van der Waals surface area contributed by atoms with Crippen molar-refractivity contribution in [2.24, 2.45) is 5.73 Å². The molecule has 2 fully saturated rings. The summed E-state index contributed by atoms with van der Waals surface area (Å²) < 4.78 is 0. The summed E-state index contributed by atoms with van der Waals surface area (Å²) >= 11 is 0. The number of hydrogen-bond acceptors (Lipinski definition) is 2. The van der Waals surface area contributed by atoms with E-state index in [0.717, 1.165) is 12.8 Å². The number of hydrogen-bond donors (Lipinski definition) is 1. The summed E-state index contributed by atoms with van der Waals surface area (Å²) in [5, 5.41) is 0. The number of rotatable bonds is 3. The van der Waals surface area contributed by atoms with Crippen LogP contribution in [0.15, 0.2) is 18.2 Å². The van der Waals surface area contributed by atoms with Crippen molar-refractivity contribution in [3.63, 3.8) is 0 Å². The van der Waals surface area contributed by atoms with Crippen molar-refractivity contribution < 1.29 is 0 Å². The molecule has 0 amide bonds. The van der Waals surface area contributed by atoms with E-state index >= 15 is 0 Å². The Kier molecular flexibility index (Phi) is 4.02. The molecule has 2 atom stereocenters. The van der Waals surface area contributed by atoms with Crippen LogP contribution in [0, 0.1) is 0 Å². The molecule has 2 bridgehead atoms. The minimum atomic E-state index is 0.417. The molecular weight excluding hydrogens is 244 g/mol. The fourth-order valence-corrected chi connectivity index (χ4v) is 4.34. The molecule has 2 N–H and O–H groups in total. The summed E-state index contributed by atoms with van der Waals surface area (Å²) in [7, 11) is 0. The summed E-state index contributed by atoms with van der Waals surface area (Å²) in [6.45, 7) is 4.56. The molecule has 2 aliphatic heterocycles. The number of nitrogens with two attached hydrogens (primary N) is 1. The summed E-state index contributed by atoms with van der Waals surface area (Å²) in [6, 6.07) is 8.64. The minimum Gasteiger partial charge on any atom is -0.365 e. The van der Waals surface area contributed by atoms with Gasteiger partial charge in [-0.2, -0.15) is 0 Å². The van der Waals surface area contributed by atoms with Crippen LogP contribution in [0.4, 0.5) is 5.69 Å². The Morgan fingerprint density at radius 3 is 2.10 bits per heavy atom. The Bertz CT molecular complexity index is 432. The molecule has 3 rings (SSSR count). The Balaban J connectivity index is 2.03. The number of para-hydroxylation sites is 1. The van der Waals surface area contributed by atoms with Crippen molar-refractivity contribution in [2.45, 2.75) is 76.9 Å². The molecule has 2 heterocycles. The quantitative estimate of drug-likeness (QED) is 0.910. The molecule has 0 spiro atoms. The first-order valence-corrected chi connectivity index (χ1v) is 8.39. The van der Waals surface area contributed by atoms with Crippen LogP contribution >= 0.6 is 0 Å². The van der Waals surface area contributed by atoms with Gasteiger partial charge in [0, 0.05) is 23.8 Å². The van der Waals surface area contributed by atoms with E-state index in [9.17, 15) is 0 Å². The Morgan fingerprint density at radius 2 is 1.60 bits per heavy atom. The molecule has 2 saturated heterocycles. The van der Waals surface area contributed by atoms with E-state index in [-0.39, 0.29) is 0 Å². The van der Waals surface area contributed by atoms with E-state index in [1.54, 1.807) is 5.69 Å². The van der Waals surface area contributed by atoms with Gasteiger partial charge in [-0.1, -0.05) is 32.0 Å². The van der Waals surface area contributed by atoms with Crippen LogP contribution in [-0.4, -0.2) is 18.1 Å². The first-order valence-electron chi connectivity index (χ1n) is 8.39. The molecular formula is C18H28N2.